The molecule has 1 atom stereocenters. The Hall–Kier alpha value is -2.12. The van der Waals surface area contributed by atoms with Crippen molar-refractivity contribution in [3.05, 3.63) is 54.4 Å². The number of ether oxygens (including phenoxy) is 1. The van der Waals surface area contributed by atoms with Gasteiger partial charge in [0.05, 0.1) is 12.0 Å². The van der Waals surface area contributed by atoms with Crippen molar-refractivity contribution in [1.82, 2.24) is 9.71 Å². The molecule has 0 saturated carbocycles. The number of methoxy groups -OCH3 is 1. The molecule has 6 nitrogen and oxygen atoms in total. The van der Waals surface area contributed by atoms with Crippen LogP contribution in [0.2, 0.25) is 0 Å². The Kier molecular flexibility index (Phi) is 4.77. The maximum atomic E-state index is 12.3. The van der Waals surface area contributed by atoms with Gasteiger partial charge in [-0.2, -0.15) is 4.72 Å². The number of sulfonamides is 1. The summed E-state index contributed by atoms with van der Waals surface area (Å²) in [6, 6.07) is 10.4. The van der Waals surface area contributed by atoms with Crippen LogP contribution in [0.3, 0.4) is 0 Å². The lowest BCUT2D eigenvalue weighted by Crippen LogP contribution is -2.43. The number of benzene rings is 1. The van der Waals surface area contributed by atoms with Crippen molar-refractivity contribution < 1.29 is 17.9 Å². The van der Waals surface area contributed by atoms with Crippen LogP contribution in [0.15, 0.2) is 53.6 Å². The highest BCUT2D eigenvalue weighted by Gasteiger charge is 2.26. The van der Waals surface area contributed by atoms with Crippen LogP contribution < -0.4 is 4.72 Å². The minimum Gasteiger partial charge on any atom is -0.468 e. The van der Waals surface area contributed by atoms with Crippen LogP contribution in [0.5, 0.6) is 0 Å². The Morgan fingerprint density at radius 3 is 2.52 bits per heavy atom. The molecule has 0 radical (unpaired) electrons. The molecule has 0 fully saturated rings. The van der Waals surface area contributed by atoms with E-state index in [1.54, 1.807) is 36.5 Å². The summed E-state index contributed by atoms with van der Waals surface area (Å²) in [6.45, 7) is 0. The van der Waals surface area contributed by atoms with Crippen molar-refractivity contribution in [3.8, 4) is 0 Å². The lowest BCUT2D eigenvalue weighted by Gasteiger charge is -2.16. The topological polar surface area (TPSA) is 88.3 Å². The molecule has 1 heterocycles. The first-order chi connectivity index (χ1) is 10.0. The number of nitrogens with one attached hydrogen (secondary N) is 2. The van der Waals surface area contributed by atoms with Gasteiger partial charge in [0.15, 0.2) is 0 Å². The molecule has 2 aromatic rings. The van der Waals surface area contributed by atoms with Crippen molar-refractivity contribution in [2.75, 3.05) is 7.11 Å². The van der Waals surface area contributed by atoms with E-state index in [2.05, 4.69) is 14.4 Å². The second-order valence-electron chi connectivity index (χ2n) is 4.41. The number of aromatic nitrogens is 1. The number of esters is 1. The highest BCUT2D eigenvalue weighted by atomic mass is 32.2. The number of carbonyl (C=O) groups excluding carboxylic acids is 1. The summed E-state index contributed by atoms with van der Waals surface area (Å²) in [7, 11) is -2.56. The minimum absolute atomic E-state index is 0.102. The SMILES string of the molecule is COC(=O)C(Cc1ccc[nH]1)NS(=O)(=O)c1ccccc1. The number of aromatic amines is 1. The third-order valence-corrected chi connectivity index (χ3v) is 4.41. The highest BCUT2D eigenvalue weighted by Crippen LogP contribution is 2.10. The van der Waals surface area contributed by atoms with Crippen molar-refractivity contribution in [3.63, 3.8) is 0 Å². The molecule has 1 unspecified atom stereocenters. The van der Waals surface area contributed by atoms with Gasteiger partial charge in [0.2, 0.25) is 10.0 Å². The van der Waals surface area contributed by atoms with E-state index < -0.39 is 22.0 Å². The summed E-state index contributed by atoms with van der Waals surface area (Å²) in [6.07, 6.45) is 1.89. The predicted octanol–water partition coefficient (Wildman–Crippen LogP) is 1.08. The molecule has 0 aliphatic carbocycles. The summed E-state index contributed by atoms with van der Waals surface area (Å²) in [4.78, 5) is 14.8. The Morgan fingerprint density at radius 2 is 1.95 bits per heavy atom. The second kappa shape index (κ2) is 6.55. The Bertz CT molecular complexity index is 681. The number of hydrogen-bond donors (Lipinski definition) is 2. The maximum absolute atomic E-state index is 12.3. The van der Waals surface area contributed by atoms with Gasteiger partial charge in [0.1, 0.15) is 6.04 Å². The summed E-state index contributed by atoms with van der Waals surface area (Å²) in [5, 5.41) is 0. The molecular weight excluding hydrogens is 292 g/mol. The normalized spacial score (nSPS) is 12.8. The lowest BCUT2D eigenvalue weighted by molar-refractivity contribution is -0.142. The molecule has 21 heavy (non-hydrogen) atoms. The third kappa shape index (κ3) is 3.93. The van der Waals surface area contributed by atoms with Gasteiger partial charge in [0.25, 0.3) is 0 Å². The monoisotopic (exact) mass is 308 g/mol. The number of carbonyl (C=O) groups is 1. The van der Waals surface area contributed by atoms with Crippen molar-refractivity contribution in [2.24, 2.45) is 0 Å². The van der Waals surface area contributed by atoms with Crippen molar-refractivity contribution in [1.29, 1.82) is 0 Å². The van der Waals surface area contributed by atoms with Crippen LogP contribution in [0.4, 0.5) is 0 Å². The molecule has 0 bridgehead atoms. The molecule has 0 aliphatic rings. The number of H-pyrrole nitrogens is 1. The maximum Gasteiger partial charge on any atom is 0.324 e. The van der Waals surface area contributed by atoms with Crippen molar-refractivity contribution >= 4 is 16.0 Å². The largest absolute Gasteiger partial charge is 0.468 e. The lowest BCUT2D eigenvalue weighted by atomic mass is 10.2. The Balaban J connectivity index is 2.20. The predicted molar refractivity (Wildman–Crippen MR) is 77.1 cm³/mol. The zero-order valence-electron chi connectivity index (χ0n) is 11.4. The first kappa shape index (κ1) is 15.3. The van der Waals surface area contributed by atoms with E-state index in [1.165, 1.54) is 19.2 Å². The van der Waals surface area contributed by atoms with Gasteiger partial charge in [-0.25, -0.2) is 8.42 Å². The van der Waals surface area contributed by atoms with Gasteiger partial charge < -0.3 is 9.72 Å². The van der Waals surface area contributed by atoms with Gasteiger partial charge in [-0.1, -0.05) is 18.2 Å². The van der Waals surface area contributed by atoms with Gasteiger partial charge in [-0.15, -0.1) is 0 Å². The zero-order chi connectivity index (χ0) is 15.3. The molecule has 7 heteroatoms. The molecule has 2 rings (SSSR count). The van der Waals surface area contributed by atoms with Crippen LogP contribution in [-0.4, -0.2) is 32.5 Å². The van der Waals surface area contributed by atoms with Gasteiger partial charge in [-0.05, 0) is 24.3 Å². The van der Waals surface area contributed by atoms with E-state index in [9.17, 15) is 13.2 Å². The Morgan fingerprint density at radius 1 is 1.24 bits per heavy atom. The average molecular weight is 308 g/mol. The standard InChI is InChI=1S/C14H16N2O4S/c1-20-14(17)13(10-11-6-5-9-15-11)16-21(18,19)12-7-3-2-4-8-12/h2-9,13,15-16H,10H2,1H3. The number of hydrogen-bond acceptors (Lipinski definition) is 4. The van der Waals surface area contributed by atoms with Gasteiger partial charge >= 0.3 is 5.97 Å². The first-order valence-corrected chi connectivity index (χ1v) is 7.79. The van der Waals surface area contributed by atoms with E-state index in [-0.39, 0.29) is 11.3 Å². The molecule has 0 saturated heterocycles. The fourth-order valence-corrected chi connectivity index (χ4v) is 3.09. The van der Waals surface area contributed by atoms with Crippen LogP contribution in [0.1, 0.15) is 5.69 Å². The van der Waals surface area contributed by atoms with Crippen LogP contribution in [-0.2, 0) is 26.0 Å². The minimum atomic E-state index is -3.78. The molecule has 1 aromatic carbocycles. The van der Waals surface area contributed by atoms with Crippen LogP contribution in [0.25, 0.3) is 0 Å². The summed E-state index contributed by atoms with van der Waals surface area (Å²) >= 11 is 0. The Labute approximate surface area is 123 Å². The average Bonchev–Trinajstić information content (AvgIpc) is 2.99. The third-order valence-electron chi connectivity index (χ3n) is 2.92. The van der Waals surface area contributed by atoms with Gasteiger partial charge in [0, 0.05) is 18.3 Å². The summed E-state index contributed by atoms with van der Waals surface area (Å²) in [5.41, 5.74) is 0.737. The molecule has 0 spiro atoms. The molecule has 0 aliphatic heterocycles. The van der Waals surface area contributed by atoms with Crippen LogP contribution in [0, 0.1) is 0 Å². The van der Waals surface area contributed by atoms with E-state index >= 15 is 0 Å². The zero-order valence-corrected chi connectivity index (χ0v) is 12.3. The van der Waals surface area contributed by atoms with Crippen LogP contribution >= 0.6 is 0 Å². The fraction of sp³-hybridized carbons (Fsp3) is 0.214. The fourth-order valence-electron chi connectivity index (χ4n) is 1.88. The highest BCUT2D eigenvalue weighted by molar-refractivity contribution is 7.89. The molecule has 112 valence electrons. The quantitative estimate of drug-likeness (QED) is 0.782. The second-order valence-corrected chi connectivity index (χ2v) is 6.12. The van der Waals surface area contributed by atoms with E-state index in [0.717, 1.165) is 5.69 Å². The molecule has 0 amide bonds. The molecular formula is C14H16N2O4S. The van der Waals surface area contributed by atoms with E-state index in [1.807, 2.05) is 0 Å². The first-order valence-electron chi connectivity index (χ1n) is 6.30. The van der Waals surface area contributed by atoms with E-state index in [0.29, 0.717) is 0 Å². The van der Waals surface area contributed by atoms with Gasteiger partial charge in [-0.3, -0.25) is 4.79 Å². The van der Waals surface area contributed by atoms with E-state index in [4.69, 9.17) is 0 Å². The smallest absolute Gasteiger partial charge is 0.324 e. The molecule has 1 aromatic heterocycles. The summed E-state index contributed by atoms with van der Waals surface area (Å²) < 4.78 is 31.6. The molecule has 2 N–H and O–H groups in total. The summed E-state index contributed by atoms with van der Waals surface area (Å²) in [5.74, 6) is -0.635. The van der Waals surface area contributed by atoms with Crippen molar-refractivity contribution in [2.45, 2.75) is 17.4 Å². The number of rotatable bonds is 6.